The monoisotopic (exact) mass is 412 g/mol. The lowest BCUT2D eigenvalue weighted by atomic mass is 10.2. The quantitative estimate of drug-likeness (QED) is 0.389. The molecule has 0 atom stereocenters. The van der Waals surface area contributed by atoms with E-state index >= 15 is 0 Å². The molecular formula is C23H19ClF2N2O. The molecule has 0 amide bonds. The summed E-state index contributed by atoms with van der Waals surface area (Å²) in [4.78, 5) is 4.52. The number of rotatable bonds is 5. The Labute approximate surface area is 172 Å². The second kappa shape index (κ2) is 7.84. The molecule has 0 aliphatic rings. The molecule has 0 aliphatic heterocycles. The molecule has 6 heteroatoms. The van der Waals surface area contributed by atoms with Crippen LogP contribution in [0.25, 0.3) is 11.0 Å². The van der Waals surface area contributed by atoms with Crippen LogP contribution in [0.4, 0.5) is 8.78 Å². The largest absolute Gasteiger partial charge is 0.487 e. The van der Waals surface area contributed by atoms with Crippen molar-refractivity contribution in [3.63, 3.8) is 0 Å². The van der Waals surface area contributed by atoms with E-state index < -0.39 is 11.6 Å². The number of aryl methyl sites for hydroxylation is 1. The van der Waals surface area contributed by atoms with Crippen molar-refractivity contribution in [2.24, 2.45) is 0 Å². The van der Waals surface area contributed by atoms with Crippen LogP contribution in [0.5, 0.6) is 5.75 Å². The van der Waals surface area contributed by atoms with E-state index in [1.54, 1.807) is 12.3 Å². The second-order valence-corrected chi connectivity index (χ2v) is 7.37. The molecule has 148 valence electrons. The molecule has 0 fully saturated rings. The summed E-state index contributed by atoms with van der Waals surface area (Å²) in [5.74, 6) is -0.655. The molecule has 0 radical (unpaired) electrons. The molecule has 29 heavy (non-hydrogen) atoms. The molecule has 0 saturated heterocycles. The van der Waals surface area contributed by atoms with E-state index in [1.165, 1.54) is 12.1 Å². The highest BCUT2D eigenvalue weighted by atomic mass is 35.5. The van der Waals surface area contributed by atoms with Crippen LogP contribution in [-0.2, 0) is 13.2 Å². The Kier molecular flexibility index (Phi) is 5.24. The minimum atomic E-state index is -0.628. The van der Waals surface area contributed by atoms with Crippen molar-refractivity contribution in [3.05, 3.63) is 93.8 Å². The van der Waals surface area contributed by atoms with Crippen molar-refractivity contribution in [2.45, 2.75) is 27.0 Å². The van der Waals surface area contributed by atoms with Gasteiger partial charge in [0.25, 0.3) is 0 Å². The summed E-state index contributed by atoms with van der Waals surface area (Å²) < 4.78 is 35.0. The lowest BCUT2D eigenvalue weighted by molar-refractivity contribution is 0.307. The molecule has 0 aliphatic carbocycles. The fourth-order valence-electron chi connectivity index (χ4n) is 3.48. The first kappa shape index (κ1) is 19.4. The average molecular weight is 413 g/mol. The lowest BCUT2D eigenvalue weighted by Crippen LogP contribution is -2.05. The van der Waals surface area contributed by atoms with Gasteiger partial charge in [-0.3, -0.25) is 4.98 Å². The Morgan fingerprint density at radius 2 is 1.76 bits per heavy atom. The standard InChI is InChI=1S/C23H19ClF2N2O/c1-14-15(2)28(12-17-5-3-4-6-20(17)24)23-21(7-8-27-22(14)23)29-13-16-9-18(25)11-19(26)10-16/h3-11H,12-13H2,1-2H3. The van der Waals surface area contributed by atoms with E-state index in [9.17, 15) is 8.78 Å². The van der Waals surface area contributed by atoms with Gasteiger partial charge in [0.05, 0.1) is 5.52 Å². The third-order valence-corrected chi connectivity index (χ3v) is 5.43. The normalized spacial score (nSPS) is 11.2. The molecule has 0 saturated carbocycles. The molecule has 2 aromatic heterocycles. The summed E-state index contributed by atoms with van der Waals surface area (Å²) in [5, 5.41) is 0.688. The molecule has 2 heterocycles. The summed E-state index contributed by atoms with van der Waals surface area (Å²) >= 11 is 6.36. The van der Waals surface area contributed by atoms with Gasteiger partial charge in [-0.15, -0.1) is 0 Å². The average Bonchev–Trinajstić information content (AvgIpc) is 2.93. The molecule has 2 aromatic carbocycles. The van der Waals surface area contributed by atoms with Crippen molar-refractivity contribution >= 4 is 22.6 Å². The highest BCUT2D eigenvalue weighted by molar-refractivity contribution is 6.31. The van der Waals surface area contributed by atoms with Crippen LogP contribution in [0.15, 0.2) is 54.7 Å². The van der Waals surface area contributed by atoms with Gasteiger partial charge in [0.2, 0.25) is 0 Å². The number of nitrogens with zero attached hydrogens (tertiary/aromatic N) is 2. The van der Waals surface area contributed by atoms with E-state index in [4.69, 9.17) is 16.3 Å². The third kappa shape index (κ3) is 3.83. The van der Waals surface area contributed by atoms with Crippen LogP contribution >= 0.6 is 11.6 Å². The highest BCUT2D eigenvalue weighted by Crippen LogP contribution is 2.32. The summed E-state index contributed by atoms with van der Waals surface area (Å²) in [6.07, 6.45) is 1.68. The maximum Gasteiger partial charge on any atom is 0.147 e. The Morgan fingerprint density at radius 1 is 1.03 bits per heavy atom. The van der Waals surface area contributed by atoms with Gasteiger partial charge in [-0.05, 0) is 48.7 Å². The number of hydrogen-bond acceptors (Lipinski definition) is 2. The zero-order valence-electron chi connectivity index (χ0n) is 16.0. The van der Waals surface area contributed by atoms with Crippen LogP contribution in [0.2, 0.25) is 5.02 Å². The molecule has 3 nitrogen and oxygen atoms in total. The number of halogens is 3. The van der Waals surface area contributed by atoms with Gasteiger partial charge in [-0.2, -0.15) is 0 Å². The third-order valence-electron chi connectivity index (χ3n) is 5.06. The summed E-state index contributed by atoms with van der Waals surface area (Å²) in [5.41, 5.74) is 5.17. The number of pyridine rings is 1. The van der Waals surface area contributed by atoms with Crippen LogP contribution in [0.3, 0.4) is 0 Å². The zero-order valence-corrected chi connectivity index (χ0v) is 16.8. The predicted octanol–water partition coefficient (Wildman–Crippen LogP) is 6.21. The van der Waals surface area contributed by atoms with Crippen molar-refractivity contribution in [1.82, 2.24) is 9.55 Å². The van der Waals surface area contributed by atoms with E-state index in [1.807, 2.05) is 38.1 Å². The molecule has 0 bridgehead atoms. The zero-order chi connectivity index (χ0) is 20.5. The summed E-state index contributed by atoms with van der Waals surface area (Å²) in [6, 6.07) is 12.8. The Balaban J connectivity index is 1.75. The molecule has 0 N–H and O–H groups in total. The minimum absolute atomic E-state index is 0.0448. The summed E-state index contributed by atoms with van der Waals surface area (Å²) in [6.45, 7) is 4.65. The predicted molar refractivity (Wildman–Crippen MR) is 110 cm³/mol. The topological polar surface area (TPSA) is 27.1 Å². The van der Waals surface area contributed by atoms with Crippen molar-refractivity contribution in [2.75, 3.05) is 0 Å². The Bertz CT molecular complexity index is 1180. The van der Waals surface area contributed by atoms with Gasteiger partial charge < -0.3 is 9.30 Å². The number of fused-ring (bicyclic) bond motifs is 1. The number of hydrogen-bond donors (Lipinski definition) is 0. The first-order chi connectivity index (χ1) is 13.9. The van der Waals surface area contributed by atoms with E-state index in [0.717, 1.165) is 33.9 Å². The van der Waals surface area contributed by atoms with Crippen molar-refractivity contribution in [1.29, 1.82) is 0 Å². The van der Waals surface area contributed by atoms with E-state index in [2.05, 4.69) is 9.55 Å². The number of aromatic nitrogens is 2. The second-order valence-electron chi connectivity index (χ2n) is 6.96. The highest BCUT2D eigenvalue weighted by Gasteiger charge is 2.17. The minimum Gasteiger partial charge on any atom is -0.487 e. The van der Waals surface area contributed by atoms with Crippen molar-refractivity contribution in [3.8, 4) is 5.75 Å². The smallest absolute Gasteiger partial charge is 0.147 e. The lowest BCUT2D eigenvalue weighted by Gasteiger charge is -2.13. The molecule has 0 unspecified atom stereocenters. The fraction of sp³-hybridized carbons (Fsp3) is 0.174. The van der Waals surface area contributed by atoms with E-state index in [0.29, 0.717) is 22.9 Å². The Morgan fingerprint density at radius 3 is 2.48 bits per heavy atom. The van der Waals surface area contributed by atoms with Gasteiger partial charge in [-0.1, -0.05) is 29.8 Å². The molecule has 0 spiro atoms. The SMILES string of the molecule is Cc1c(C)n(Cc2ccccc2Cl)c2c(OCc3cc(F)cc(F)c3)ccnc12. The van der Waals surface area contributed by atoms with Gasteiger partial charge in [-0.25, -0.2) is 8.78 Å². The molecule has 4 aromatic rings. The number of ether oxygens (including phenoxy) is 1. The van der Waals surface area contributed by atoms with Crippen LogP contribution < -0.4 is 4.74 Å². The maximum absolute atomic E-state index is 13.5. The maximum atomic E-state index is 13.5. The van der Waals surface area contributed by atoms with Crippen LogP contribution in [0.1, 0.15) is 22.4 Å². The van der Waals surface area contributed by atoms with E-state index in [-0.39, 0.29) is 6.61 Å². The first-order valence-electron chi connectivity index (χ1n) is 9.19. The molecule has 4 rings (SSSR count). The van der Waals surface area contributed by atoms with Crippen molar-refractivity contribution < 1.29 is 13.5 Å². The van der Waals surface area contributed by atoms with Crippen LogP contribution in [-0.4, -0.2) is 9.55 Å². The van der Waals surface area contributed by atoms with Gasteiger partial charge in [0.15, 0.2) is 0 Å². The van der Waals surface area contributed by atoms with Crippen LogP contribution in [0, 0.1) is 25.5 Å². The van der Waals surface area contributed by atoms with Gasteiger partial charge in [0.1, 0.15) is 29.5 Å². The summed E-state index contributed by atoms with van der Waals surface area (Å²) in [7, 11) is 0. The molecular weight excluding hydrogens is 394 g/mol. The van der Waals surface area contributed by atoms with Gasteiger partial charge >= 0.3 is 0 Å². The number of benzene rings is 2. The van der Waals surface area contributed by atoms with Gasteiger partial charge in [0, 0.05) is 35.6 Å². The Hall–Kier alpha value is -2.92. The first-order valence-corrected chi connectivity index (χ1v) is 9.57. The fourth-order valence-corrected chi connectivity index (χ4v) is 3.67.